The molecule has 27 heavy (non-hydrogen) atoms. The van der Waals surface area contributed by atoms with Gasteiger partial charge in [0.2, 0.25) is 0 Å². The van der Waals surface area contributed by atoms with Gasteiger partial charge in [-0.2, -0.15) is 0 Å². The van der Waals surface area contributed by atoms with Gasteiger partial charge >= 0.3 is 17.9 Å². The van der Waals surface area contributed by atoms with E-state index in [-0.39, 0.29) is 25.2 Å². The molecule has 0 aliphatic carbocycles. The van der Waals surface area contributed by atoms with Crippen LogP contribution in [0.25, 0.3) is 0 Å². The molecule has 0 saturated heterocycles. The number of hydrogen-bond donors (Lipinski definition) is 0. The Morgan fingerprint density at radius 2 is 1.26 bits per heavy atom. The van der Waals surface area contributed by atoms with Crippen molar-refractivity contribution in [2.24, 2.45) is 0 Å². The van der Waals surface area contributed by atoms with Crippen LogP contribution in [-0.2, 0) is 35.0 Å². The van der Waals surface area contributed by atoms with Gasteiger partial charge in [0, 0.05) is 5.56 Å². The second-order valence-corrected chi connectivity index (χ2v) is 5.37. The van der Waals surface area contributed by atoms with Gasteiger partial charge in [-0.1, -0.05) is 60.7 Å². The molecule has 7 nitrogen and oxygen atoms in total. The molecule has 0 fully saturated rings. The van der Waals surface area contributed by atoms with Gasteiger partial charge in [0.15, 0.2) is 6.61 Å². The predicted molar refractivity (Wildman–Crippen MR) is 93.8 cm³/mol. The molecule has 140 valence electrons. The number of esters is 3. The van der Waals surface area contributed by atoms with Crippen LogP contribution in [0.5, 0.6) is 0 Å². The fourth-order valence-corrected chi connectivity index (χ4v) is 2.06. The summed E-state index contributed by atoms with van der Waals surface area (Å²) in [4.78, 5) is 46.5. The van der Waals surface area contributed by atoms with Gasteiger partial charge in [-0.15, -0.1) is 0 Å². The maximum atomic E-state index is 11.8. The Kier molecular flexibility index (Phi) is 7.71. The minimum atomic E-state index is -1.04. The van der Waals surface area contributed by atoms with Crippen molar-refractivity contribution in [3.63, 3.8) is 0 Å². The molecule has 0 aliphatic rings. The summed E-state index contributed by atoms with van der Waals surface area (Å²) in [5.74, 6) is -3.15. The highest BCUT2D eigenvalue weighted by molar-refractivity contribution is 6.40. The van der Waals surface area contributed by atoms with E-state index in [0.29, 0.717) is 0 Å². The van der Waals surface area contributed by atoms with Crippen molar-refractivity contribution in [3.05, 3.63) is 71.8 Å². The van der Waals surface area contributed by atoms with Crippen LogP contribution < -0.4 is 0 Å². The molecular formula is C20H18O7. The molecule has 0 bridgehead atoms. The maximum absolute atomic E-state index is 11.8. The van der Waals surface area contributed by atoms with Crippen molar-refractivity contribution in [3.8, 4) is 0 Å². The van der Waals surface area contributed by atoms with E-state index in [2.05, 4.69) is 0 Å². The average Bonchev–Trinajstić information content (AvgIpc) is 2.70. The largest absolute Gasteiger partial charge is 0.460 e. The number of rotatable bonds is 9. The van der Waals surface area contributed by atoms with E-state index in [0.717, 1.165) is 5.56 Å². The first-order valence-electron chi connectivity index (χ1n) is 8.18. The third-order valence-electron chi connectivity index (χ3n) is 3.34. The van der Waals surface area contributed by atoms with Gasteiger partial charge in [-0.25, -0.2) is 9.59 Å². The van der Waals surface area contributed by atoms with Crippen LogP contribution in [0.2, 0.25) is 0 Å². The van der Waals surface area contributed by atoms with E-state index < -0.39 is 30.3 Å². The highest BCUT2D eigenvalue weighted by Crippen LogP contribution is 2.02. The highest BCUT2D eigenvalue weighted by Gasteiger charge is 2.17. The summed E-state index contributed by atoms with van der Waals surface area (Å²) in [6.07, 6.45) is 0.0489. The standard InChI is InChI=1S/C20H18O7/c21-17(13-15-7-3-1-4-8-15)27-14-18(22)25-11-12-26-20(24)19(23)16-9-5-2-6-10-16/h1-10H,11-14H2. The molecule has 0 saturated carbocycles. The first kappa shape index (κ1) is 19.8. The molecule has 0 amide bonds. The van der Waals surface area contributed by atoms with Crippen LogP contribution in [0.15, 0.2) is 60.7 Å². The zero-order valence-electron chi connectivity index (χ0n) is 14.5. The van der Waals surface area contributed by atoms with Gasteiger partial charge < -0.3 is 14.2 Å². The number of hydrogen-bond acceptors (Lipinski definition) is 7. The topological polar surface area (TPSA) is 96.0 Å². The van der Waals surface area contributed by atoms with Gasteiger partial charge in [0.25, 0.3) is 5.78 Å². The summed E-state index contributed by atoms with van der Waals surface area (Å²) >= 11 is 0. The molecule has 0 N–H and O–H groups in total. The van der Waals surface area contributed by atoms with Gasteiger partial charge in [-0.3, -0.25) is 9.59 Å². The molecule has 2 aromatic rings. The lowest BCUT2D eigenvalue weighted by Gasteiger charge is -2.07. The lowest BCUT2D eigenvalue weighted by molar-refractivity contribution is -0.160. The lowest BCUT2D eigenvalue weighted by atomic mass is 10.1. The fraction of sp³-hybridized carbons (Fsp3) is 0.200. The van der Waals surface area contributed by atoms with Crippen LogP contribution in [-0.4, -0.2) is 43.5 Å². The van der Waals surface area contributed by atoms with Crippen molar-refractivity contribution >= 4 is 23.7 Å². The summed E-state index contributed by atoms with van der Waals surface area (Å²) in [6.45, 7) is -1.06. The number of carbonyl (C=O) groups excluding carboxylic acids is 4. The Morgan fingerprint density at radius 1 is 0.667 bits per heavy atom. The molecule has 0 radical (unpaired) electrons. The molecule has 2 aromatic carbocycles. The Hall–Kier alpha value is -3.48. The van der Waals surface area contributed by atoms with Crippen LogP contribution in [0.4, 0.5) is 0 Å². The summed E-state index contributed by atoms with van der Waals surface area (Å²) in [6, 6.07) is 16.9. The van der Waals surface area contributed by atoms with Crippen molar-refractivity contribution < 1.29 is 33.4 Å². The van der Waals surface area contributed by atoms with Crippen LogP contribution in [0.1, 0.15) is 15.9 Å². The second kappa shape index (κ2) is 10.5. The Morgan fingerprint density at radius 3 is 1.93 bits per heavy atom. The quantitative estimate of drug-likeness (QED) is 0.218. The van der Waals surface area contributed by atoms with E-state index in [1.165, 1.54) is 12.1 Å². The Balaban J connectivity index is 1.60. The van der Waals surface area contributed by atoms with E-state index in [9.17, 15) is 19.2 Å². The molecule has 0 aromatic heterocycles. The fourth-order valence-electron chi connectivity index (χ4n) is 2.06. The number of ether oxygens (including phenoxy) is 3. The SMILES string of the molecule is O=C(COC(=O)Cc1ccccc1)OCCOC(=O)C(=O)c1ccccc1. The summed E-state index contributed by atoms with van der Waals surface area (Å²) in [7, 11) is 0. The summed E-state index contributed by atoms with van der Waals surface area (Å²) in [5, 5.41) is 0. The van der Waals surface area contributed by atoms with Crippen molar-refractivity contribution in [1.82, 2.24) is 0 Å². The molecule has 2 rings (SSSR count). The smallest absolute Gasteiger partial charge is 0.379 e. The molecule has 0 spiro atoms. The number of benzene rings is 2. The molecule has 0 unspecified atom stereocenters. The predicted octanol–water partition coefficient (Wildman–Crippen LogP) is 1.74. The van der Waals surface area contributed by atoms with E-state index in [1.807, 2.05) is 6.07 Å². The Bertz CT molecular complexity index is 784. The first-order valence-corrected chi connectivity index (χ1v) is 8.18. The molecular weight excluding hydrogens is 352 g/mol. The van der Waals surface area contributed by atoms with E-state index in [1.54, 1.807) is 42.5 Å². The zero-order chi connectivity index (χ0) is 19.5. The lowest BCUT2D eigenvalue weighted by Crippen LogP contribution is -2.22. The van der Waals surface area contributed by atoms with Crippen LogP contribution in [0, 0.1) is 0 Å². The molecule has 0 aliphatic heterocycles. The first-order chi connectivity index (χ1) is 13.1. The van der Waals surface area contributed by atoms with Crippen molar-refractivity contribution in [2.45, 2.75) is 6.42 Å². The summed E-state index contributed by atoms with van der Waals surface area (Å²) < 4.78 is 14.3. The van der Waals surface area contributed by atoms with Crippen LogP contribution in [0.3, 0.4) is 0 Å². The molecule has 7 heteroatoms. The van der Waals surface area contributed by atoms with Crippen molar-refractivity contribution in [2.75, 3.05) is 19.8 Å². The monoisotopic (exact) mass is 370 g/mol. The number of carbonyl (C=O) groups is 4. The van der Waals surface area contributed by atoms with Gasteiger partial charge in [-0.05, 0) is 5.56 Å². The van der Waals surface area contributed by atoms with Gasteiger partial charge in [0.1, 0.15) is 13.2 Å². The minimum absolute atomic E-state index is 0.0489. The molecule has 0 atom stereocenters. The molecule has 0 heterocycles. The maximum Gasteiger partial charge on any atom is 0.379 e. The van der Waals surface area contributed by atoms with E-state index in [4.69, 9.17) is 14.2 Å². The second-order valence-electron chi connectivity index (χ2n) is 5.37. The van der Waals surface area contributed by atoms with Crippen molar-refractivity contribution in [1.29, 1.82) is 0 Å². The number of Topliss-reactive ketones (excluding diaryl/α,β-unsaturated/α-hetero) is 1. The average molecular weight is 370 g/mol. The number of ketones is 1. The minimum Gasteiger partial charge on any atom is -0.460 e. The van der Waals surface area contributed by atoms with E-state index >= 15 is 0 Å². The zero-order valence-corrected chi connectivity index (χ0v) is 14.5. The normalized spacial score (nSPS) is 9.93. The Labute approximate surface area is 155 Å². The van der Waals surface area contributed by atoms with Crippen LogP contribution >= 0.6 is 0 Å². The third-order valence-corrected chi connectivity index (χ3v) is 3.34. The van der Waals surface area contributed by atoms with Gasteiger partial charge in [0.05, 0.1) is 6.42 Å². The third kappa shape index (κ3) is 7.11. The highest BCUT2D eigenvalue weighted by atomic mass is 16.6. The summed E-state index contributed by atoms with van der Waals surface area (Å²) in [5.41, 5.74) is 0.982.